The number of amides is 2. The van der Waals surface area contributed by atoms with E-state index in [1.807, 2.05) is 4.90 Å². The Morgan fingerprint density at radius 2 is 1.77 bits per heavy atom. The lowest BCUT2D eigenvalue weighted by molar-refractivity contribution is -0.131. The number of aryl methyl sites for hydroxylation is 2. The van der Waals surface area contributed by atoms with Gasteiger partial charge in [-0.3, -0.25) is 9.59 Å². The molecule has 0 saturated carbocycles. The zero-order valence-corrected chi connectivity index (χ0v) is 19.3. The first-order chi connectivity index (χ1) is 14.2. The van der Waals surface area contributed by atoms with E-state index >= 15 is 0 Å². The highest BCUT2D eigenvalue weighted by Crippen LogP contribution is 2.38. The average molecular weight is 416 g/mol. The summed E-state index contributed by atoms with van der Waals surface area (Å²) >= 11 is 0. The minimum Gasteiger partial charge on any atom is -0.501 e. The number of carbonyl (C=O) groups is 2. The van der Waals surface area contributed by atoms with Crippen molar-refractivity contribution in [3.05, 3.63) is 46.3 Å². The zero-order chi connectivity index (χ0) is 22.5. The molecule has 0 aliphatic carbocycles. The summed E-state index contributed by atoms with van der Waals surface area (Å²) in [5, 5.41) is 12.9. The zero-order valence-electron chi connectivity index (χ0n) is 19.3. The van der Waals surface area contributed by atoms with E-state index in [9.17, 15) is 14.7 Å². The van der Waals surface area contributed by atoms with Gasteiger partial charge in [-0.05, 0) is 44.1 Å². The summed E-state index contributed by atoms with van der Waals surface area (Å²) in [6, 6.07) is 6.75. The fourth-order valence-electron chi connectivity index (χ4n) is 4.58. The van der Waals surface area contributed by atoms with Gasteiger partial charge in [-0.2, -0.15) is 0 Å². The number of benzene rings is 1. The van der Waals surface area contributed by atoms with Crippen LogP contribution in [0.15, 0.2) is 29.7 Å². The Morgan fingerprint density at radius 1 is 1.13 bits per heavy atom. The second-order valence-corrected chi connectivity index (χ2v) is 8.50. The summed E-state index contributed by atoms with van der Waals surface area (Å²) in [6.45, 7) is 10.5. The minimum absolute atomic E-state index is 0.00826. The van der Waals surface area contributed by atoms with Gasteiger partial charge in [0.25, 0.3) is 11.8 Å². The molecule has 2 amide bonds. The van der Waals surface area contributed by atoms with Gasteiger partial charge in [0.15, 0.2) is 5.70 Å². The molecule has 30 heavy (non-hydrogen) atoms. The van der Waals surface area contributed by atoms with Crippen LogP contribution < -0.4 is 5.32 Å². The standard InChI is InChI=1S/C24H37N3O3/c1-7-9-24(8-2,19-15-17(3)14-18(4)16-19)10-11-27-13-12-26(6)23(30)20(27)21(28)22(29)25-5/h14-16,28H,7-13H2,1-6H3,(H,25,29)/b21-20+. The minimum atomic E-state index is -0.636. The number of hydrogen-bond acceptors (Lipinski definition) is 4. The number of aliphatic hydroxyl groups excluding tert-OH is 1. The number of piperazine rings is 1. The first kappa shape index (κ1) is 23.8. The lowest BCUT2D eigenvalue weighted by atomic mass is 9.71. The molecule has 1 aliphatic heterocycles. The largest absolute Gasteiger partial charge is 0.501 e. The second-order valence-electron chi connectivity index (χ2n) is 8.50. The highest BCUT2D eigenvalue weighted by atomic mass is 16.3. The normalized spacial score (nSPS) is 18.3. The van der Waals surface area contributed by atoms with E-state index in [2.05, 4.69) is 51.2 Å². The molecule has 2 rings (SSSR count). The van der Waals surface area contributed by atoms with Crippen LogP contribution in [0.3, 0.4) is 0 Å². The predicted molar refractivity (Wildman–Crippen MR) is 120 cm³/mol. The van der Waals surface area contributed by atoms with E-state index in [0.29, 0.717) is 19.6 Å². The van der Waals surface area contributed by atoms with Crippen molar-refractivity contribution in [2.45, 2.75) is 58.8 Å². The molecule has 6 heteroatoms. The van der Waals surface area contributed by atoms with Crippen molar-refractivity contribution in [3.63, 3.8) is 0 Å². The molecule has 0 bridgehead atoms. The van der Waals surface area contributed by atoms with Gasteiger partial charge >= 0.3 is 0 Å². The fourth-order valence-corrected chi connectivity index (χ4v) is 4.58. The average Bonchev–Trinajstić information content (AvgIpc) is 2.71. The Bertz CT molecular complexity index is 798. The maximum Gasteiger partial charge on any atom is 0.288 e. The highest BCUT2D eigenvalue weighted by Gasteiger charge is 2.35. The van der Waals surface area contributed by atoms with Crippen molar-refractivity contribution in [2.24, 2.45) is 0 Å². The Kier molecular flexibility index (Phi) is 7.93. The molecule has 6 nitrogen and oxygen atoms in total. The molecule has 0 aromatic heterocycles. The predicted octanol–water partition coefficient (Wildman–Crippen LogP) is 3.43. The molecule has 166 valence electrons. The van der Waals surface area contributed by atoms with E-state index < -0.39 is 11.7 Å². The van der Waals surface area contributed by atoms with E-state index in [1.54, 1.807) is 11.9 Å². The summed E-state index contributed by atoms with van der Waals surface area (Å²) in [5.41, 5.74) is 3.94. The molecule has 1 fully saturated rings. The number of carbonyl (C=O) groups excluding carboxylic acids is 2. The van der Waals surface area contributed by atoms with Gasteiger partial charge in [0.1, 0.15) is 0 Å². The molecule has 1 atom stereocenters. The van der Waals surface area contributed by atoms with Crippen LogP contribution in [0.1, 0.15) is 56.2 Å². The third-order valence-corrected chi connectivity index (χ3v) is 6.34. The maximum absolute atomic E-state index is 12.8. The van der Waals surface area contributed by atoms with Crippen molar-refractivity contribution in [1.82, 2.24) is 15.1 Å². The van der Waals surface area contributed by atoms with Gasteiger partial charge in [0.05, 0.1) is 0 Å². The molecule has 0 radical (unpaired) electrons. The van der Waals surface area contributed by atoms with Gasteiger partial charge < -0.3 is 20.2 Å². The van der Waals surface area contributed by atoms with Crippen LogP contribution >= 0.6 is 0 Å². The number of aliphatic hydroxyl groups is 1. The summed E-state index contributed by atoms with van der Waals surface area (Å²) in [6.07, 6.45) is 3.96. The van der Waals surface area contributed by atoms with Crippen LogP contribution in [0, 0.1) is 13.8 Å². The van der Waals surface area contributed by atoms with E-state index in [0.717, 1.165) is 25.7 Å². The van der Waals surface area contributed by atoms with Crippen molar-refractivity contribution >= 4 is 11.8 Å². The number of nitrogens with one attached hydrogen (secondary N) is 1. The third kappa shape index (κ3) is 4.97. The highest BCUT2D eigenvalue weighted by molar-refractivity contribution is 6.03. The van der Waals surface area contributed by atoms with Gasteiger partial charge in [-0.25, -0.2) is 0 Å². The molecule has 2 N–H and O–H groups in total. The first-order valence-electron chi connectivity index (χ1n) is 10.9. The first-order valence-corrected chi connectivity index (χ1v) is 10.9. The molecule has 1 saturated heterocycles. The maximum atomic E-state index is 12.8. The molecule has 1 aliphatic rings. The van der Waals surface area contributed by atoms with Gasteiger partial charge in [-0.15, -0.1) is 0 Å². The van der Waals surface area contributed by atoms with Crippen LogP contribution in [0.2, 0.25) is 0 Å². The fraction of sp³-hybridized carbons (Fsp3) is 0.583. The quantitative estimate of drug-likeness (QED) is 0.504. The Morgan fingerprint density at radius 3 is 2.30 bits per heavy atom. The van der Waals surface area contributed by atoms with Gasteiger partial charge in [0, 0.05) is 33.7 Å². The lowest BCUT2D eigenvalue weighted by Crippen LogP contribution is -2.49. The molecular weight excluding hydrogens is 378 g/mol. The smallest absolute Gasteiger partial charge is 0.288 e. The van der Waals surface area contributed by atoms with Crippen LogP contribution in [-0.2, 0) is 15.0 Å². The molecule has 1 aromatic rings. The third-order valence-electron chi connectivity index (χ3n) is 6.34. The molecule has 1 heterocycles. The summed E-state index contributed by atoms with van der Waals surface area (Å²) < 4.78 is 0. The van der Waals surface area contributed by atoms with Crippen LogP contribution in [0.25, 0.3) is 0 Å². The number of hydrogen-bond donors (Lipinski definition) is 2. The van der Waals surface area contributed by atoms with E-state index in [1.165, 1.54) is 23.7 Å². The van der Waals surface area contributed by atoms with Gasteiger partial charge in [-0.1, -0.05) is 49.6 Å². The monoisotopic (exact) mass is 415 g/mol. The van der Waals surface area contributed by atoms with Crippen LogP contribution in [0.5, 0.6) is 0 Å². The Balaban J connectivity index is 2.39. The Labute approximate surface area is 180 Å². The molecule has 1 unspecified atom stereocenters. The SMILES string of the molecule is CCCC(CC)(CCN1CCN(C)C(=O)/C1=C(\O)C(=O)NC)c1cc(C)cc(C)c1. The lowest BCUT2D eigenvalue weighted by Gasteiger charge is -2.40. The van der Waals surface area contributed by atoms with Crippen molar-refractivity contribution in [2.75, 3.05) is 33.7 Å². The van der Waals surface area contributed by atoms with Crippen LogP contribution in [-0.4, -0.2) is 60.5 Å². The summed E-state index contributed by atoms with van der Waals surface area (Å²) in [4.78, 5) is 28.2. The molecular formula is C24H37N3O3. The Hall–Kier alpha value is -2.50. The summed E-state index contributed by atoms with van der Waals surface area (Å²) in [7, 11) is 3.14. The second kappa shape index (κ2) is 10.0. The van der Waals surface area contributed by atoms with Crippen molar-refractivity contribution in [3.8, 4) is 0 Å². The molecule has 0 spiro atoms. The van der Waals surface area contributed by atoms with E-state index in [4.69, 9.17) is 0 Å². The topological polar surface area (TPSA) is 72.9 Å². The summed E-state index contributed by atoms with van der Waals surface area (Å²) in [5.74, 6) is -1.45. The van der Waals surface area contributed by atoms with Crippen molar-refractivity contribution in [1.29, 1.82) is 0 Å². The van der Waals surface area contributed by atoms with Gasteiger partial charge in [0.2, 0.25) is 5.76 Å². The van der Waals surface area contributed by atoms with E-state index in [-0.39, 0.29) is 17.0 Å². The van der Waals surface area contributed by atoms with Crippen molar-refractivity contribution < 1.29 is 14.7 Å². The molecule has 1 aromatic carbocycles. The number of likely N-dealkylation sites (N-methyl/N-ethyl adjacent to an activating group) is 2. The number of nitrogens with zero attached hydrogens (tertiary/aromatic N) is 2. The van der Waals surface area contributed by atoms with Crippen LogP contribution in [0.4, 0.5) is 0 Å². The number of rotatable bonds is 8.